The van der Waals surface area contributed by atoms with Gasteiger partial charge in [0.15, 0.2) is 0 Å². The van der Waals surface area contributed by atoms with Gasteiger partial charge in [0.05, 0.1) is 12.2 Å². The topological polar surface area (TPSA) is 58.4 Å². The van der Waals surface area contributed by atoms with Crippen molar-refractivity contribution in [1.29, 1.82) is 0 Å². The van der Waals surface area contributed by atoms with Crippen molar-refractivity contribution in [2.75, 3.05) is 26.2 Å². The highest BCUT2D eigenvalue weighted by atomic mass is 32.2. The van der Waals surface area contributed by atoms with E-state index < -0.39 is 10.2 Å². The average molecular weight is 357 g/mol. The first-order chi connectivity index (χ1) is 11.5. The molecule has 0 spiro atoms. The molecule has 2 heterocycles. The summed E-state index contributed by atoms with van der Waals surface area (Å²) in [4.78, 5) is 0. The third kappa shape index (κ3) is 4.80. The molecule has 1 aromatic heterocycles. The van der Waals surface area contributed by atoms with Crippen molar-refractivity contribution in [3.63, 3.8) is 0 Å². The van der Waals surface area contributed by atoms with E-state index in [9.17, 15) is 8.42 Å². The van der Waals surface area contributed by atoms with Gasteiger partial charge in [0.1, 0.15) is 0 Å². The molecule has 0 aliphatic carbocycles. The molecule has 0 aromatic carbocycles. The van der Waals surface area contributed by atoms with Crippen molar-refractivity contribution in [2.45, 2.75) is 65.3 Å². The van der Waals surface area contributed by atoms with Crippen molar-refractivity contribution in [2.24, 2.45) is 0 Å². The summed E-state index contributed by atoms with van der Waals surface area (Å²) in [7, 11) is -3.33. The van der Waals surface area contributed by atoms with Crippen LogP contribution in [0, 0.1) is 6.92 Å². The summed E-state index contributed by atoms with van der Waals surface area (Å²) >= 11 is 0. The molecule has 0 amide bonds. The number of rotatable bonds is 9. The highest BCUT2D eigenvalue weighted by Gasteiger charge is 2.33. The van der Waals surface area contributed by atoms with Gasteiger partial charge in [0.25, 0.3) is 10.2 Å². The van der Waals surface area contributed by atoms with Crippen molar-refractivity contribution in [3.05, 3.63) is 18.0 Å². The number of hydrogen-bond donors (Lipinski definition) is 0. The summed E-state index contributed by atoms with van der Waals surface area (Å²) in [6, 6.07) is 0.310. The zero-order valence-corrected chi connectivity index (χ0v) is 16.1. The minimum atomic E-state index is -3.33. The van der Waals surface area contributed by atoms with Crippen LogP contribution in [0.15, 0.2) is 12.4 Å². The molecule has 138 valence electrons. The Morgan fingerprint density at radius 3 is 2.21 bits per heavy atom. The summed E-state index contributed by atoms with van der Waals surface area (Å²) in [5, 5.41) is 4.38. The molecule has 0 unspecified atom stereocenters. The Hall–Kier alpha value is -0.920. The smallest absolute Gasteiger partial charge is 0.269 e. The quantitative estimate of drug-likeness (QED) is 0.683. The molecule has 1 saturated heterocycles. The second-order valence-electron chi connectivity index (χ2n) is 6.74. The lowest BCUT2D eigenvalue weighted by Crippen LogP contribution is -2.48. The number of nitrogens with zero attached hydrogens (tertiary/aromatic N) is 4. The fourth-order valence-electron chi connectivity index (χ4n) is 3.14. The molecular formula is C17H32N4O2S. The summed E-state index contributed by atoms with van der Waals surface area (Å²) in [6.07, 6.45) is 9.44. The van der Waals surface area contributed by atoms with Crippen LogP contribution >= 0.6 is 0 Å². The van der Waals surface area contributed by atoms with E-state index in [0.29, 0.717) is 32.2 Å². The van der Waals surface area contributed by atoms with Gasteiger partial charge in [-0.15, -0.1) is 0 Å². The summed E-state index contributed by atoms with van der Waals surface area (Å²) in [5.74, 6) is 0. The first-order valence-electron chi connectivity index (χ1n) is 9.25. The molecule has 1 aliphatic rings. The zero-order valence-electron chi connectivity index (χ0n) is 15.3. The summed E-state index contributed by atoms with van der Waals surface area (Å²) in [5.41, 5.74) is 1.15. The molecule has 1 aliphatic heterocycles. The van der Waals surface area contributed by atoms with E-state index in [0.717, 1.165) is 44.1 Å². The van der Waals surface area contributed by atoms with Crippen LogP contribution in [0.5, 0.6) is 0 Å². The Kier molecular flexibility index (Phi) is 7.25. The fourth-order valence-corrected chi connectivity index (χ4v) is 4.86. The Bertz CT molecular complexity index is 583. The molecular weight excluding hydrogens is 324 g/mol. The standard InChI is InChI=1S/C17H32N4O2S/c1-4-6-10-19(11-7-5-2)24(22,23)20-12-8-17(9-13-20)21-15-16(3)14-18-21/h14-15,17H,4-13H2,1-3H3. The molecule has 0 bridgehead atoms. The Morgan fingerprint density at radius 1 is 1.17 bits per heavy atom. The third-order valence-electron chi connectivity index (χ3n) is 4.70. The van der Waals surface area contributed by atoms with Crippen molar-refractivity contribution in [1.82, 2.24) is 18.4 Å². The van der Waals surface area contributed by atoms with Crippen LogP contribution in [-0.2, 0) is 10.2 Å². The minimum absolute atomic E-state index is 0.310. The SMILES string of the molecule is CCCCN(CCCC)S(=O)(=O)N1CCC(n2cc(C)cn2)CC1. The lowest BCUT2D eigenvalue weighted by molar-refractivity contribution is 0.243. The first kappa shape index (κ1) is 19.4. The average Bonchev–Trinajstić information content (AvgIpc) is 3.01. The van der Waals surface area contributed by atoms with E-state index >= 15 is 0 Å². The molecule has 1 fully saturated rings. The molecule has 6 nitrogen and oxygen atoms in total. The van der Waals surface area contributed by atoms with Crippen LogP contribution in [0.2, 0.25) is 0 Å². The van der Waals surface area contributed by atoms with E-state index in [1.54, 1.807) is 8.61 Å². The normalized spacial score (nSPS) is 17.7. The predicted molar refractivity (Wildman–Crippen MR) is 97.1 cm³/mol. The number of piperidine rings is 1. The van der Waals surface area contributed by atoms with Gasteiger partial charge in [-0.2, -0.15) is 22.1 Å². The van der Waals surface area contributed by atoms with Gasteiger partial charge in [-0.25, -0.2) is 0 Å². The van der Waals surface area contributed by atoms with E-state index in [1.165, 1.54) is 0 Å². The lowest BCUT2D eigenvalue weighted by atomic mass is 10.1. The maximum atomic E-state index is 13.0. The second kappa shape index (κ2) is 8.97. The maximum Gasteiger partial charge on any atom is 0.281 e. The van der Waals surface area contributed by atoms with E-state index in [2.05, 4.69) is 18.9 Å². The van der Waals surface area contributed by atoms with Crippen molar-refractivity contribution in [3.8, 4) is 0 Å². The van der Waals surface area contributed by atoms with Crippen molar-refractivity contribution >= 4 is 10.2 Å². The van der Waals surface area contributed by atoms with E-state index in [1.807, 2.05) is 24.0 Å². The Balaban J connectivity index is 1.98. The van der Waals surface area contributed by atoms with Crippen LogP contribution in [0.3, 0.4) is 0 Å². The first-order valence-corrected chi connectivity index (χ1v) is 10.6. The largest absolute Gasteiger partial charge is 0.281 e. The lowest BCUT2D eigenvalue weighted by Gasteiger charge is -2.35. The highest BCUT2D eigenvalue weighted by molar-refractivity contribution is 7.86. The molecule has 24 heavy (non-hydrogen) atoms. The van der Waals surface area contributed by atoms with Gasteiger partial charge in [0, 0.05) is 32.4 Å². The number of unbranched alkanes of at least 4 members (excludes halogenated alkanes) is 2. The number of aromatic nitrogens is 2. The molecule has 2 rings (SSSR count). The van der Waals surface area contributed by atoms with Gasteiger partial charge >= 0.3 is 0 Å². The summed E-state index contributed by atoms with van der Waals surface area (Å²) in [6.45, 7) is 8.67. The monoisotopic (exact) mass is 356 g/mol. The van der Waals surface area contributed by atoms with Crippen LogP contribution in [-0.4, -0.2) is 53.0 Å². The summed E-state index contributed by atoms with van der Waals surface area (Å²) < 4.78 is 31.3. The third-order valence-corrected chi connectivity index (χ3v) is 6.74. The number of aryl methyl sites for hydroxylation is 1. The molecule has 0 atom stereocenters. The van der Waals surface area contributed by atoms with E-state index in [4.69, 9.17) is 0 Å². The Morgan fingerprint density at radius 2 is 1.75 bits per heavy atom. The van der Waals surface area contributed by atoms with Crippen LogP contribution < -0.4 is 0 Å². The predicted octanol–water partition coefficient (Wildman–Crippen LogP) is 2.98. The fraction of sp³-hybridized carbons (Fsp3) is 0.824. The molecule has 0 saturated carbocycles. The molecule has 1 aromatic rings. The van der Waals surface area contributed by atoms with E-state index in [-0.39, 0.29) is 0 Å². The van der Waals surface area contributed by atoms with Gasteiger partial charge in [-0.3, -0.25) is 4.68 Å². The Labute approximate surface area is 147 Å². The molecule has 7 heteroatoms. The van der Waals surface area contributed by atoms with Crippen LogP contribution in [0.4, 0.5) is 0 Å². The maximum absolute atomic E-state index is 13.0. The molecule has 0 radical (unpaired) electrons. The minimum Gasteiger partial charge on any atom is -0.269 e. The van der Waals surface area contributed by atoms with Gasteiger partial charge < -0.3 is 0 Å². The molecule has 0 N–H and O–H groups in total. The van der Waals surface area contributed by atoms with Gasteiger partial charge in [-0.1, -0.05) is 26.7 Å². The zero-order chi connectivity index (χ0) is 17.6. The second-order valence-corrected chi connectivity index (χ2v) is 8.67. The van der Waals surface area contributed by atoms with Crippen LogP contribution in [0.25, 0.3) is 0 Å². The van der Waals surface area contributed by atoms with Crippen LogP contribution in [0.1, 0.15) is 64.0 Å². The van der Waals surface area contributed by atoms with Gasteiger partial charge in [0.2, 0.25) is 0 Å². The van der Waals surface area contributed by atoms with Crippen molar-refractivity contribution < 1.29 is 8.42 Å². The highest BCUT2D eigenvalue weighted by Crippen LogP contribution is 2.25. The van der Waals surface area contributed by atoms with Gasteiger partial charge in [-0.05, 0) is 38.2 Å². The number of hydrogen-bond acceptors (Lipinski definition) is 3.